The first-order valence-electron chi connectivity index (χ1n) is 11.8. The third kappa shape index (κ3) is 3.68. The van der Waals surface area contributed by atoms with Gasteiger partial charge in [-0.15, -0.1) is 0 Å². The first-order chi connectivity index (χ1) is 17.1. The molecule has 0 bridgehead atoms. The molecule has 0 aliphatic heterocycles. The Kier molecular flexibility index (Phi) is 5.33. The lowest BCUT2D eigenvalue weighted by Crippen LogP contribution is -2.24. The van der Waals surface area contributed by atoms with Crippen LogP contribution in [0.2, 0.25) is 0 Å². The van der Waals surface area contributed by atoms with E-state index in [1.54, 1.807) is 12.3 Å². The number of benzene rings is 1. The predicted molar refractivity (Wildman–Crippen MR) is 134 cm³/mol. The number of nitrogens with zero attached hydrogens (tertiary/aromatic N) is 6. The molecule has 0 unspecified atom stereocenters. The highest BCUT2D eigenvalue weighted by Gasteiger charge is 2.27. The second-order valence-electron chi connectivity index (χ2n) is 9.07. The summed E-state index contributed by atoms with van der Waals surface area (Å²) < 4.78 is 17.9. The van der Waals surface area contributed by atoms with E-state index < -0.39 is 5.82 Å². The van der Waals surface area contributed by atoms with Crippen molar-refractivity contribution in [2.24, 2.45) is 11.7 Å². The van der Waals surface area contributed by atoms with Gasteiger partial charge in [-0.3, -0.25) is 4.98 Å². The SMILES string of the molecule is NCC1CCC(n2nc(-c3ccc4ccc(-c5ccccn5)nc4c3F)c3c(N)ncnc32)CC1. The molecule has 5 aromatic rings. The topological polar surface area (TPSA) is 121 Å². The Morgan fingerprint density at radius 1 is 0.943 bits per heavy atom. The van der Waals surface area contributed by atoms with Crippen molar-refractivity contribution in [3.8, 4) is 22.6 Å². The van der Waals surface area contributed by atoms with Crippen LogP contribution in [0.5, 0.6) is 0 Å². The summed E-state index contributed by atoms with van der Waals surface area (Å²) in [5, 5.41) is 6.12. The highest BCUT2D eigenvalue weighted by atomic mass is 19.1. The second kappa shape index (κ2) is 8.66. The number of rotatable bonds is 4. The van der Waals surface area contributed by atoms with Crippen LogP contribution in [0.25, 0.3) is 44.6 Å². The average Bonchev–Trinajstić information content (AvgIpc) is 3.30. The molecule has 0 spiro atoms. The van der Waals surface area contributed by atoms with Gasteiger partial charge in [0.15, 0.2) is 11.5 Å². The van der Waals surface area contributed by atoms with Crippen molar-refractivity contribution in [3.63, 3.8) is 0 Å². The Morgan fingerprint density at radius 2 is 1.77 bits per heavy atom. The highest BCUT2D eigenvalue weighted by molar-refractivity contribution is 6.00. The quantitative estimate of drug-likeness (QED) is 0.398. The Morgan fingerprint density at radius 3 is 2.54 bits per heavy atom. The zero-order valence-corrected chi connectivity index (χ0v) is 19.1. The number of halogens is 1. The van der Waals surface area contributed by atoms with E-state index in [1.165, 1.54) is 6.33 Å². The molecular formula is C26H25FN8. The molecule has 0 atom stereocenters. The summed E-state index contributed by atoms with van der Waals surface area (Å²) >= 11 is 0. The fourth-order valence-electron chi connectivity index (χ4n) is 5.06. The van der Waals surface area contributed by atoms with Crippen molar-refractivity contribution in [3.05, 3.63) is 60.8 Å². The summed E-state index contributed by atoms with van der Waals surface area (Å²) in [4.78, 5) is 17.6. The van der Waals surface area contributed by atoms with E-state index in [-0.39, 0.29) is 17.4 Å². The van der Waals surface area contributed by atoms with Gasteiger partial charge in [0, 0.05) is 17.1 Å². The van der Waals surface area contributed by atoms with Gasteiger partial charge in [0.25, 0.3) is 0 Å². The van der Waals surface area contributed by atoms with Crippen LogP contribution in [0, 0.1) is 11.7 Å². The van der Waals surface area contributed by atoms with Crippen LogP contribution >= 0.6 is 0 Å². The highest BCUT2D eigenvalue weighted by Crippen LogP contribution is 2.38. The summed E-state index contributed by atoms with van der Waals surface area (Å²) in [6.45, 7) is 0.697. The fraction of sp³-hybridized carbons (Fsp3) is 0.269. The van der Waals surface area contributed by atoms with Gasteiger partial charge < -0.3 is 11.5 Å². The minimum absolute atomic E-state index is 0.153. The van der Waals surface area contributed by atoms with Crippen molar-refractivity contribution >= 4 is 27.8 Å². The van der Waals surface area contributed by atoms with Gasteiger partial charge in [-0.05, 0) is 62.4 Å². The van der Waals surface area contributed by atoms with Crippen molar-refractivity contribution < 1.29 is 4.39 Å². The third-order valence-electron chi connectivity index (χ3n) is 7.00. The van der Waals surface area contributed by atoms with Crippen LogP contribution in [0.4, 0.5) is 10.2 Å². The van der Waals surface area contributed by atoms with Crippen LogP contribution < -0.4 is 11.5 Å². The summed E-state index contributed by atoms with van der Waals surface area (Å²) in [5.41, 5.74) is 15.1. The normalized spacial score (nSPS) is 18.3. The molecule has 1 aliphatic rings. The number of anilines is 1. The lowest BCUT2D eigenvalue weighted by Gasteiger charge is -2.27. The smallest absolute Gasteiger partial charge is 0.164 e. The molecule has 6 rings (SSSR count). The lowest BCUT2D eigenvalue weighted by atomic mass is 9.86. The van der Waals surface area contributed by atoms with E-state index >= 15 is 4.39 Å². The number of hydrogen-bond acceptors (Lipinski definition) is 7. The van der Waals surface area contributed by atoms with E-state index in [0.717, 1.165) is 25.7 Å². The molecule has 1 aliphatic carbocycles. The molecule has 1 saturated carbocycles. The molecule has 35 heavy (non-hydrogen) atoms. The largest absolute Gasteiger partial charge is 0.383 e. The van der Waals surface area contributed by atoms with Crippen LogP contribution in [0.1, 0.15) is 31.7 Å². The van der Waals surface area contributed by atoms with E-state index in [2.05, 4.69) is 19.9 Å². The Bertz CT molecular complexity index is 1520. The molecule has 4 aromatic heterocycles. The van der Waals surface area contributed by atoms with Crippen LogP contribution in [-0.4, -0.2) is 36.3 Å². The molecular weight excluding hydrogens is 443 g/mol. The number of nitrogens with two attached hydrogens (primary N) is 2. The first kappa shape index (κ1) is 21.5. The number of fused-ring (bicyclic) bond motifs is 2. The number of pyridine rings is 2. The molecule has 4 N–H and O–H groups in total. The molecule has 4 heterocycles. The maximum atomic E-state index is 16.0. The second-order valence-corrected chi connectivity index (χ2v) is 9.07. The van der Waals surface area contributed by atoms with Gasteiger partial charge >= 0.3 is 0 Å². The average molecular weight is 469 g/mol. The van der Waals surface area contributed by atoms with Crippen molar-refractivity contribution in [1.29, 1.82) is 0 Å². The van der Waals surface area contributed by atoms with E-state index in [0.29, 0.717) is 51.5 Å². The van der Waals surface area contributed by atoms with Crippen molar-refractivity contribution in [1.82, 2.24) is 29.7 Å². The van der Waals surface area contributed by atoms with Gasteiger partial charge in [0.1, 0.15) is 23.4 Å². The first-order valence-corrected chi connectivity index (χ1v) is 11.8. The number of nitrogen functional groups attached to an aromatic ring is 1. The number of aromatic nitrogens is 6. The fourth-order valence-corrected chi connectivity index (χ4v) is 5.06. The van der Waals surface area contributed by atoms with Crippen molar-refractivity contribution in [2.45, 2.75) is 31.7 Å². The Balaban J connectivity index is 1.50. The molecule has 8 nitrogen and oxygen atoms in total. The standard InChI is InChI=1S/C26H25FN8/c27-22-18(10-6-16-7-11-20(33-23(16)22)19-3-1-2-12-30-19)24-21-25(29)31-14-32-26(21)35(34-24)17-8-4-15(13-28)5-9-17/h1-3,6-7,10-12,14-15,17H,4-5,8-9,13,28H2,(H2,29,31,32). The molecule has 1 fully saturated rings. The van der Waals surface area contributed by atoms with Crippen LogP contribution in [-0.2, 0) is 0 Å². The maximum Gasteiger partial charge on any atom is 0.164 e. The van der Waals surface area contributed by atoms with Gasteiger partial charge in [0.05, 0.1) is 22.8 Å². The molecule has 0 saturated heterocycles. The molecule has 1 aromatic carbocycles. The summed E-state index contributed by atoms with van der Waals surface area (Å²) in [6, 6.07) is 13.0. The van der Waals surface area contributed by atoms with Gasteiger partial charge in [-0.2, -0.15) is 5.10 Å². The minimum atomic E-state index is -0.457. The molecule has 0 amide bonds. The zero-order chi connectivity index (χ0) is 23.9. The molecule has 0 radical (unpaired) electrons. The zero-order valence-electron chi connectivity index (χ0n) is 19.1. The van der Waals surface area contributed by atoms with E-state index in [4.69, 9.17) is 16.6 Å². The maximum absolute atomic E-state index is 16.0. The summed E-state index contributed by atoms with van der Waals surface area (Å²) in [5.74, 6) is 0.355. The van der Waals surface area contributed by atoms with Crippen LogP contribution in [0.15, 0.2) is 55.0 Å². The van der Waals surface area contributed by atoms with Gasteiger partial charge in [-0.25, -0.2) is 24.0 Å². The Labute approximate surface area is 201 Å². The third-order valence-corrected chi connectivity index (χ3v) is 7.00. The summed E-state index contributed by atoms with van der Waals surface area (Å²) in [6.07, 6.45) is 7.07. The monoisotopic (exact) mass is 468 g/mol. The van der Waals surface area contributed by atoms with Crippen molar-refractivity contribution in [2.75, 3.05) is 12.3 Å². The predicted octanol–water partition coefficient (Wildman–Crippen LogP) is 4.51. The number of hydrogen-bond donors (Lipinski definition) is 2. The van der Waals surface area contributed by atoms with Gasteiger partial charge in [-0.1, -0.05) is 18.2 Å². The van der Waals surface area contributed by atoms with E-state index in [1.807, 2.05) is 41.1 Å². The minimum Gasteiger partial charge on any atom is -0.383 e. The van der Waals surface area contributed by atoms with E-state index in [9.17, 15) is 0 Å². The van der Waals surface area contributed by atoms with Crippen LogP contribution in [0.3, 0.4) is 0 Å². The lowest BCUT2D eigenvalue weighted by molar-refractivity contribution is 0.269. The molecule has 176 valence electrons. The molecule has 9 heteroatoms. The summed E-state index contributed by atoms with van der Waals surface area (Å²) in [7, 11) is 0. The Hall–Kier alpha value is -3.98. The van der Waals surface area contributed by atoms with Gasteiger partial charge in [0.2, 0.25) is 0 Å².